The lowest BCUT2D eigenvalue weighted by Crippen LogP contribution is -2.11. The molecule has 0 aliphatic heterocycles. The molecule has 76 valence electrons. The quantitative estimate of drug-likeness (QED) is 0.721. The molecule has 0 unspecified atom stereocenters. The number of benzene rings is 1. The van der Waals surface area contributed by atoms with E-state index in [1.165, 1.54) is 5.56 Å². The van der Waals surface area contributed by atoms with Gasteiger partial charge in [0.1, 0.15) is 5.75 Å². The van der Waals surface area contributed by atoms with Crippen LogP contribution < -0.4 is 10.1 Å². The number of hydrogen-bond donors (Lipinski definition) is 1. The van der Waals surface area contributed by atoms with Gasteiger partial charge in [0.05, 0.1) is 7.11 Å². The Balaban J connectivity index is 2.53. The van der Waals surface area contributed by atoms with E-state index in [0.29, 0.717) is 0 Å². The standard InChI is InChI=1S/C12H17NO/c1-3-13-9-5-7-11-6-4-8-12(10-11)14-2/h4-8,10,13H,3,9H2,1-2H3. The minimum absolute atomic E-state index is 0.899. The summed E-state index contributed by atoms with van der Waals surface area (Å²) in [5.74, 6) is 0.899. The van der Waals surface area contributed by atoms with Crippen LogP contribution in [0.15, 0.2) is 30.3 Å². The zero-order valence-electron chi connectivity index (χ0n) is 8.79. The largest absolute Gasteiger partial charge is 0.497 e. The molecule has 0 aliphatic rings. The second kappa shape index (κ2) is 6.22. The van der Waals surface area contributed by atoms with E-state index in [2.05, 4.69) is 30.5 Å². The lowest BCUT2D eigenvalue weighted by atomic mass is 10.2. The van der Waals surface area contributed by atoms with Gasteiger partial charge in [-0.2, -0.15) is 0 Å². The monoisotopic (exact) mass is 191 g/mol. The van der Waals surface area contributed by atoms with Crippen molar-refractivity contribution in [3.63, 3.8) is 0 Å². The molecular formula is C12H17NO. The summed E-state index contributed by atoms with van der Waals surface area (Å²) in [4.78, 5) is 0. The van der Waals surface area contributed by atoms with Crippen molar-refractivity contribution in [1.29, 1.82) is 0 Å². The molecule has 1 aromatic carbocycles. The molecule has 0 saturated carbocycles. The Morgan fingerprint density at radius 2 is 2.29 bits per heavy atom. The molecule has 1 aromatic rings. The third kappa shape index (κ3) is 3.62. The molecule has 0 radical (unpaired) electrons. The molecule has 2 heteroatoms. The number of likely N-dealkylation sites (N-methyl/N-ethyl adjacent to an activating group) is 1. The first-order valence-electron chi connectivity index (χ1n) is 4.88. The third-order valence-electron chi connectivity index (χ3n) is 1.92. The Kier molecular flexibility index (Phi) is 4.79. The van der Waals surface area contributed by atoms with E-state index in [1.54, 1.807) is 7.11 Å². The molecule has 0 aliphatic carbocycles. The van der Waals surface area contributed by atoms with E-state index in [4.69, 9.17) is 4.74 Å². The van der Waals surface area contributed by atoms with Crippen molar-refractivity contribution in [3.8, 4) is 5.75 Å². The third-order valence-corrected chi connectivity index (χ3v) is 1.92. The van der Waals surface area contributed by atoms with E-state index in [1.807, 2.05) is 18.2 Å². The van der Waals surface area contributed by atoms with E-state index >= 15 is 0 Å². The summed E-state index contributed by atoms with van der Waals surface area (Å²) in [6.07, 6.45) is 4.20. The first kappa shape index (κ1) is 10.8. The second-order valence-electron chi connectivity index (χ2n) is 2.99. The average Bonchev–Trinajstić information content (AvgIpc) is 2.25. The normalized spacial score (nSPS) is 10.7. The van der Waals surface area contributed by atoms with E-state index in [9.17, 15) is 0 Å². The minimum Gasteiger partial charge on any atom is -0.497 e. The summed E-state index contributed by atoms with van der Waals surface area (Å²) in [6.45, 7) is 4.01. The number of methoxy groups -OCH3 is 1. The van der Waals surface area contributed by atoms with Crippen molar-refractivity contribution in [2.24, 2.45) is 0 Å². The summed E-state index contributed by atoms with van der Waals surface area (Å²) in [5, 5.41) is 3.23. The second-order valence-corrected chi connectivity index (χ2v) is 2.99. The number of nitrogens with one attached hydrogen (secondary N) is 1. The molecule has 0 heterocycles. The fraction of sp³-hybridized carbons (Fsp3) is 0.333. The van der Waals surface area contributed by atoms with Crippen molar-refractivity contribution in [3.05, 3.63) is 35.9 Å². The van der Waals surface area contributed by atoms with Crippen LogP contribution in [0, 0.1) is 0 Å². The zero-order valence-corrected chi connectivity index (χ0v) is 8.79. The Hall–Kier alpha value is -1.28. The van der Waals surface area contributed by atoms with Crippen LogP contribution in [0.2, 0.25) is 0 Å². The molecule has 0 spiro atoms. The summed E-state index contributed by atoms with van der Waals surface area (Å²) in [7, 11) is 1.68. The van der Waals surface area contributed by atoms with E-state index in [-0.39, 0.29) is 0 Å². The Morgan fingerprint density at radius 1 is 1.43 bits per heavy atom. The molecule has 2 nitrogen and oxygen atoms in total. The van der Waals surface area contributed by atoms with Gasteiger partial charge in [-0.25, -0.2) is 0 Å². The van der Waals surface area contributed by atoms with Crippen LogP contribution in [0.25, 0.3) is 6.08 Å². The molecule has 1 N–H and O–H groups in total. The van der Waals surface area contributed by atoms with Gasteiger partial charge in [0.2, 0.25) is 0 Å². The molecule has 14 heavy (non-hydrogen) atoms. The fourth-order valence-corrected chi connectivity index (χ4v) is 1.17. The van der Waals surface area contributed by atoms with E-state index in [0.717, 1.165) is 18.8 Å². The smallest absolute Gasteiger partial charge is 0.119 e. The van der Waals surface area contributed by atoms with Gasteiger partial charge >= 0.3 is 0 Å². The maximum Gasteiger partial charge on any atom is 0.119 e. The molecule has 1 rings (SSSR count). The summed E-state index contributed by atoms with van der Waals surface area (Å²) in [5.41, 5.74) is 1.17. The van der Waals surface area contributed by atoms with Crippen LogP contribution in [-0.4, -0.2) is 20.2 Å². The lowest BCUT2D eigenvalue weighted by Gasteiger charge is -2.00. The van der Waals surface area contributed by atoms with Crippen LogP contribution in [0.5, 0.6) is 5.75 Å². The van der Waals surface area contributed by atoms with Crippen molar-refractivity contribution >= 4 is 6.08 Å². The molecule has 0 bridgehead atoms. The molecule has 0 amide bonds. The average molecular weight is 191 g/mol. The van der Waals surface area contributed by atoms with Crippen molar-refractivity contribution in [1.82, 2.24) is 5.32 Å². The molecule has 0 saturated heterocycles. The van der Waals surface area contributed by atoms with Gasteiger partial charge in [-0.05, 0) is 24.2 Å². The van der Waals surface area contributed by atoms with Gasteiger partial charge in [0, 0.05) is 6.54 Å². The zero-order chi connectivity index (χ0) is 10.2. The van der Waals surface area contributed by atoms with Crippen LogP contribution in [0.1, 0.15) is 12.5 Å². The molecule has 0 fully saturated rings. The topological polar surface area (TPSA) is 21.3 Å². The van der Waals surface area contributed by atoms with Gasteiger partial charge in [-0.3, -0.25) is 0 Å². The van der Waals surface area contributed by atoms with Gasteiger partial charge < -0.3 is 10.1 Å². The first-order chi connectivity index (χ1) is 6.86. The van der Waals surface area contributed by atoms with Crippen LogP contribution in [-0.2, 0) is 0 Å². The number of hydrogen-bond acceptors (Lipinski definition) is 2. The predicted molar refractivity (Wildman–Crippen MR) is 60.6 cm³/mol. The SMILES string of the molecule is CCNCC=Cc1cccc(OC)c1. The van der Waals surface area contributed by atoms with Crippen LogP contribution in [0.4, 0.5) is 0 Å². The summed E-state index contributed by atoms with van der Waals surface area (Å²) >= 11 is 0. The Labute approximate surface area is 85.6 Å². The Morgan fingerprint density at radius 3 is 3.00 bits per heavy atom. The highest BCUT2D eigenvalue weighted by molar-refractivity contribution is 5.51. The number of ether oxygens (including phenoxy) is 1. The van der Waals surface area contributed by atoms with Gasteiger partial charge in [0.15, 0.2) is 0 Å². The van der Waals surface area contributed by atoms with Gasteiger partial charge in [-0.15, -0.1) is 0 Å². The minimum atomic E-state index is 0.899. The fourth-order valence-electron chi connectivity index (χ4n) is 1.17. The maximum absolute atomic E-state index is 5.13. The molecular weight excluding hydrogens is 174 g/mol. The lowest BCUT2D eigenvalue weighted by molar-refractivity contribution is 0.414. The molecule has 0 aromatic heterocycles. The van der Waals surface area contributed by atoms with Crippen LogP contribution in [0.3, 0.4) is 0 Å². The van der Waals surface area contributed by atoms with Crippen LogP contribution >= 0.6 is 0 Å². The highest BCUT2D eigenvalue weighted by Gasteiger charge is 1.90. The highest BCUT2D eigenvalue weighted by Crippen LogP contribution is 2.13. The highest BCUT2D eigenvalue weighted by atomic mass is 16.5. The Bertz CT molecular complexity index is 294. The van der Waals surface area contributed by atoms with Gasteiger partial charge in [-0.1, -0.05) is 31.2 Å². The van der Waals surface area contributed by atoms with Crippen molar-refractivity contribution in [2.75, 3.05) is 20.2 Å². The first-order valence-corrected chi connectivity index (χ1v) is 4.88. The number of rotatable bonds is 5. The van der Waals surface area contributed by atoms with E-state index < -0.39 is 0 Å². The van der Waals surface area contributed by atoms with Gasteiger partial charge in [0.25, 0.3) is 0 Å². The summed E-state index contributed by atoms with van der Waals surface area (Å²) < 4.78 is 5.13. The molecule has 0 atom stereocenters. The predicted octanol–water partition coefficient (Wildman–Crippen LogP) is 2.32. The van der Waals surface area contributed by atoms with Crippen molar-refractivity contribution < 1.29 is 4.74 Å². The summed E-state index contributed by atoms with van der Waals surface area (Å²) in [6, 6.07) is 8.01. The maximum atomic E-state index is 5.13. The van der Waals surface area contributed by atoms with Crippen molar-refractivity contribution in [2.45, 2.75) is 6.92 Å².